The quantitative estimate of drug-likeness (QED) is 0.417. The fourth-order valence-electron chi connectivity index (χ4n) is 1.83. The van der Waals surface area contributed by atoms with E-state index in [0.29, 0.717) is 0 Å². The van der Waals surface area contributed by atoms with Gasteiger partial charge in [0.15, 0.2) is 0 Å². The van der Waals surface area contributed by atoms with E-state index >= 15 is 0 Å². The van der Waals surface area contributed by atoms with Gasteiger partial charge in [0.2, 0.25) is 5.60 Å². The standard InChI is InChI=1S/C7Cl4F10O/c8-4(9,14)2(5(10,11)15)1(12,6(16,17)18)3(13,22-2)7(19,20)21. The van der Waals surface area contributed by atoms with Gasteiger partial charge in [0, 0.05) is 0 Å². The Morgan fingerprint density at radius 1 is 0.636 bits per heavy atom. The van der Waals surface area contributed by atoms with E-state index in [0.717, 1.165) is 0 Å². The van der Waals surface area contributed by atoms with E-state index in [2.05, 4.69) is 51.1 Å². The summed E-state index contributed by atoms with van der Waals surface area (Å²) in [5.74, 6) is -6.26. The molecule has 0 N–H and O–H groups in total. The maximum Gasteiger partial charge on any atom is 0.452 e. The summed E-state index contributed by atoms with van der Waals surface area (Å²) < 4.78 is 123. The smallest absolute Gasteiger partial charge is 0.313 e. The molecule has 0 bridgehead atoms. The number of hydrogen-bond acceptors (Lipinski definition) is 1. The highest BCUT2D eigenvalue weighted by atomic mass is 35.5. The van der Waals surface area contributed by atoms with Gasteiger partial charge in [-0.05, 0) is 0 Å². The van der Waals surface area contributed by atoms with Gasteiger partial charge in [-0.25, -0.2) is 13.2 Å². The predicted molar refractivity (Wildman–Crippen MR) is 54.7 cm³/mol. The molecule has 1 aliphatic heterocycles. The topological polar surface area (TPSA) is 9.23 Å². The van der Waals surface area contributed by atoms with Gasteiger partial charge in [0.05, 0.1) is 0 Å². The first-order valence-corrected chi connectivity index (χ1v) is 6.07. The molecule has 1 heterocycles. The predicted octanol–water partition coefficient (Wildman–Crippen LogP) is 5.46. The maximum absolute atomic E-state index is 14.1. The molecule has 1 fully saturated rings. The van der Waals surface area contributed by atoms with E-state index in [-0.39, 0.29) is 0 Å². The Hall–Kier alpha value is 0.420. The molecule has 0 aromatic rings. The zero-order valence-electron chi connectivity index (χ0n) is 9.20. The molecule has 0 aromatic heterocycles. The van der Waals surface area contributed by atoms with Gasteiger partial charge >= 0.3 is 23.9 Å². The third-order valence-electron chi connectivity index (χ3n) is 2.78. The van der Waals surface area contributed by atoms with E-state index in [4.69, 9.17) is 0 Å². The number of halogens is 14. The summed E-state index contributed by atoms with van der Waals surface area (Å²) in [6, 6.07) is 0. The van der Waals surface area contributed by atoms with Crippen LogP contribution in [0.15, 0.2) is 0 Å². The second-order valence-corrected chi connectivity index (χ2v) is 6.50. The first kappa shape index (κ1) is 20.5. The van der Waals surface area contributed by atoms with Gasteiger partial charge in [-0.1, -0.05) is 46.4 Å². The van der Waals surface area contributed by atoms with Crippen molar-refractivity contribution in [3.63, 3.8) is 0 Å². The molecule has 1 nitrogen and oxygen atoms in total. The Bertz CT molecular complexity index is 450. The van der Waals surface area contributed by atoms with Crippen LogP contribution in [-0.2, 0) is 4.74 Å². The fraction of sp³-hybridized carbons (Fsp3) is 1.00. The SMILES string of the molecule is FC(F)(F)C1(F)OC(C(F)(Cl)Cl)(C(F)(Cl)Cl)C1(F)C(F)(F)F. The average molecular weight is 432 g/mol. The molecule has 0 radical (unpaired) electrons. The third kappa shape index (κ3) is 2.11. The van der Waals surface area contributed by atoms with Crippen LogP contribution in [0.25, 0.3) is 0 Å². The monoisotopic (exact) mass is 430 g/mol. The van der Waals surface area contributed by atoms with Crippen LogP contribution in [0.2, 0.25) is 0 Å². The van der Waals surface area contributed by atoms with E-state index in [1.165, 1.54) is 0 Å². The fourth-order valence-corrected chi connectivity index (χ4v) is 3.22. The second-order valence-electron chi connectivity index (χ2n) is 4.03. The second kappa shape index (κ2) is 4.74. The molecular formula is C7Cl4F10O. The van der Waals surface area contributed by atoms with Crippen molar-refractivity contribution in [3.05, 3.63) is 0 Å². The molecule has 0 amide bonds. The van der Waals surface area contributed by atoms with Crippen LogP contribution in [0.4, 0.5) is 43.9 Å². The Balaban J connectivity index is 3.80. The van der Waals surface area contributed by atoms with Gasteiger partial charge in [-0.3, -0.25) is 0 Å². The lowest BCUT2D eigenvalue weighted by molar-refractivity contribution is -0.556. The summed E-state index contributed by atoms with van der Waals surface area (Å²) in [7, 11) is 0. The molecule has 0 spiro atoms. The van der Waals surface area contributed by atoms with Crippen LogP contribution in [0.5, 0.6) is 0 Å². The number of rotatable bonds is 2. The van der Waals surface area contributed by atoms with E-state index in [1.54, 1.807) is 0 Å². The Morgan fingerprint density at radius 3 is 1.14 bits per heavy atom. The molecular weight excluding hydrogens is 432 g/mol. The molecule has 2 unspecified atom stereocenters. The summed E-state index contributed by atoms with van der Waals surface area (Å²) >= 11 is 17.7. The van der Waals surface area contributed by atoms with Crippen molar-refractivity contribution in [1.82, 2.24) is 0 Å². The van der Waals surface area contributed by atoms with Crippen LogP contribution >= 0.6 is 46.4 Å². The Morgan fingerprint density at radius 2 is 0.955 bits per heavy atom. The van der Waals surface area contributed by atoms with Gasteiger partial charge in [-0.2, -0.15) is 30.7 Å². The number of hydrogen-bond donors (Lipinski definition) is 0. The average Bonchev–Trinajstić information content (AvgIpc) is 2.16. The van der Waals surface area contributed by atoms with Gasteiger partial charge in [0.1, 0.15) is 0 Å². The molecule has 2 atom stereocenters. The highest BCUT2D eigenvalue weighted by molar-refractivity contribution is 6.53. The van der Waals surface area contributed by atoms with Gasteiger partial charge < -0.3 is 4.74 Å². The van der Waals surface area contributed by atoms with Crippen LogP contribution in [0.1, 0.15) is 0 Å². The Labute approximate surface area is 134 Å². The number of ether oxygens (including phenoxy) is 1. The van der Waals surface area contributed by atoms with Gasteiger partial charge in [-0.15, -0.1) is 0 Å². The lowest BCUT2D eigenvalue weighted by Gasteiger charge is -2.63. The molecule has 132 valence electrons. The van der Waals surface area contributed by atoms with Gasteiger partial charge in [0.25, 0.3) is 9.17 Å². The van der Waals surface area contributed by atoms with Crippen molar-refractivity contribution in [3.8, 4) is 0 Å². The zero-order chi connectivity index (χ0) is 18.2. The third-order valence-corrected chi connectivity index (χ3v) is 3.84. The van der Waals surface area contributed by atoms with Crippen LogP contribution in [-0.4, -0.2) is 38.7 Å². The van der Waals surface area contributed by atoms with Crippen molar-refractivity contribution >= 4 is 46.4 Å². The van der Waals surface area contributed by atoms with Crippen LogP contribution in [0, 0.1) is 0 Å². The molecule has 0 aromatic carbocycles. The lowest BCUT2D eigenvalue weighted by atomic mass is 9.71. The minimum atomic E-state index is -6.93. The normalized spacial score (nSPS) is 33.5. The van der Waals surface area contributed by atoms with Crippen molar-refractivity contribution < 1.29 is 48.6 Å². The van der Waals surface area contributed by atoms with Crippen molar-refractivity contribution in [1.29, 1.82) is 0 Å². The summed E-state index contributed by atoms with van der Waals surface area (Å²) in [4.78, 5) is 0. The lowest BCUT2D eigenvalue weighted by Crippen LogP contribution is -2.93. The minimum Gasteiger partial charge on any atom is -0.313 e. The first-order valence-electron chi connectivity index (χ1n) is 4.55. The molecule has 1 rings (SSSR count). The van der Waals surface area contributed by atoms with E-state index in [1.807, 2.05) is 0 Å². The minimum absolute atomic E-state index is 2.89. The molecule has 22 heavy (non-hydrogen) atoms. The summed E-state index contributed by atoms with van der Waals surface area (Å²) in [5, 5.41) is 0. The number of alkyl halides is 14. The van der Waals surface area contributed by atoms with Crippen molar-refractivity contribution in [2.75, 3.05) is 0 Å². The summed E-state index contributed by atoms with van der Waals surface area (Å²) in [6.07, 6.45) is -13.7. The first-order chi connectivity index (χ1) is 9.21. The zero-order valence-corrected chi connectivity index (χ0v) is 12.2. The Kier molecular flexibility index (Phi) is 4.41. The molecule has 15 heteroatoms. The van der Waals surface area contributed by atoms with E-state index < -0.39 is 38.7 Å². The van der Waals surface area contributed by atoms with E-state index in [9.17, 15) is 43.9 Å². The summed E-state index contributed by atoms with van der Waals surface area (Å²) in [5.41, 5.74) is -11.8. The molecule has 0 aliphatic carbocycles. The maximum atomic E-state index is 14.1. The molecule has 1 aliphatic rings. The summed E-state index contributed by atoms with van der Waals surface area (Å²) in [6.45, 7) is 0. The van der Waals surface area contributed by atoms with Crippen molar-refractivity contribution in [2.24, 2.45) is 0 Å². The van der Waals surface area contributed by atoms with Crippen LogP contribution < -0.4 is 0 Å². The highest BCUT2D eigenvalue weighted by Gasteiger charge is 3.04. The van der Waals surface area contributed by atoms with Crippen molar-refractivity contribution in [2.45, 2.75) is 38.7 Å². The van der Waals surface area contributed by atoms with Crippen LogP contribution in [0.3, 0.4) is 0 Å². The molecule has 0 saturated carbocycles. The molecule has 1 saturated heterocycles. The highest BCUT2D eigenvalue weighted by Crippen LogP contribution is 2.75. The largest absolute Gasteiger partial charge is 0.452 e.